The standard InChI is InChI=1S/C20H20F6O/c1-12(2)16-9-8-14(11-17(16)19(21,22)23)18(3,4)13-6-5-7-15(10-13)27-20(24,25)26/h5-12H,1-4H3. The largest absolute Gasteiger partial charge is 0.573 e. The Morgan fingerprint density at radius 2 is 1.41 bits per heavy atom. The number of hydrogen-bond acceptors (Lipinski definition) is 1. The summed E-state index contributed by atoms with van der Waals surface area (Å²) in [6.45, 7) is 6.66. The summed E-state index contributed by atoms with van der Waals surface area (Å²) in [5, 5.41) is 0. The van der Waals surface area contributed by atoms with Crippen molar-refractivity contribution in [2.45, 2.75) is 51.6 Å². The molecular formula is C20H20F6O. The van der Waals surface area contributed by atoms with Crippen molar-refractivity contribution in [3.8, 4) is 5.75 Å². The molecule has 0 spiro atoms. The first-order chi connectivity index (χ1) is 12.2. The highest BCUT2D eigenvalue weighted by Gasteiger charge is 2.36. The fourth-order valence-corrected chi connectivity index (χ4v) is 2.94. The fraction of sp³-hybridized carbons (Fsp3) is 0.400. The summed E-state index contributed by atoms with van der Waals surface area (Å²) >= 11 is 0. The maximum atomic E-state index is 13.5. The van der Waals surface area contributed by atoms with Crippen LogP contribution in [0.5, 0.6) is 5.75 Å². The number of hydrogen-bond donors (Lipinski definition) is 0. The van der Waals surface area contributed by atoms with Gasteiger partial charge >= 0.3 is 12.5 Å². The van der Waals surface area contributed by atoms with Gasteiger partial charge in [-0.05, 0) is 40.8 Å². The normalized spacial score (nSPS) is 13.1. The van der Waals surface area contributed by atoms with Crippen LogP contribution in [0.1, 0.15) is 55.9 Å². The van der Waals surface area contributed by atoms with Gasteiger partial charge in [-0.1, -0.05) is 52.0 Å². The quantitative estimate of drug-likeness (QED) is 0.508. The summed E-state index contributed by atoms with van der Waals surface area (Å²) in [6.07, 6.45) is -9.36. The zero-order valence-electron chi connectivity index (χ0n) is 15.3. The Balaban J connectivity index is 2.52. The Kier molecular flexibility index (Phi) is 5.55. The van der Waals surface area contributed by atoms with Gasteiger partial charge in [0.25, 0.3) is 0 Å². The number of benzene rings is 2. The third-order valence-electron chi connectivity index (χ3n) is 4.49. The van der Waals surface area contributed by atoms with E-state index in [1.54, 1.807) is 39.8 Å². The first kappa shape index (κ1) is 21.1. The summed E-state index contributed by atoms with van der Waals surface area (Å²) in [7, 11) is 0. The highest BCUT2D eigenvalue weighted by atomic mass is 19.4. The van der Waals surface area contributed by atoms with Crippen LogP contribution in [0.3, 0.4) is 0 Å². The van der Waals surface area contributed by atoms with Crippen LogP contribution in [0.15, 0.2) is 42.5 Å². The number of halogens is 6. The molecule has 0 saturated carbocycles. The van der Waals surface area contributed by atoms with Crippen molar-refractivity contribution < 1.29 is 31.1 Å². The van der Waals surface area contributed by atoms with E-state index in [4.69, 9.17) is 0 Å². The third-order valence-corrected chi connectivity index (χ3v) is 4.49. The highest BCUT2D eigenvalue weighted by Crippen LogP contribution is 2.40. The van der Waals surface area contributed by atoms with Gasteiger partial charge in [-0.3, -0.25) is 0 Å². The lowest BCUT2D eigenvalue weighted by Gasteiger charge is -2.28. The molecule has 2 aromatic carbocycles. The number of alkyl halides is 6. The van der Waals surface area contributed by atoms with E-state index >= 15 is 0 Å². The summed E-state index contributed by atoms with van der Waals surface area (Å²) in [5.41, 5.74) is -0.749. The van der Waals surface area contributed by atoms with Gasteiger partial charge in [0.2, 0.25) is 0 Å². The van der Waals surface area contributed by atoms with Gasteiger partial charge < -0.3 is 4.74 Å². The zero-order valence-corrected chi connectivity index (χ0v) is 15.3. The minimum Gasteiger partial charge on any atom is -0.406 e. The molecule has 0 N–H and O–H groups in total. The molecular weight excluding hydrogens is 370 g/mol. The Bertz CT molecular complexity index is 803. The van der Waals surface area contributed by atoms with E-state index in [1.807, 2.05) is 0 Å². The Labute approximate surface area is 154 Å². The van der Waals surface area contributed by atoms with E-state index in [9.17, 15) is 26.3 Å². The Morgan fingerprint density at radius 1 is 0.815 bits per heavy atom. The second-order valence-corrected chi connectivity index (χ2v) is 7.16. The molecule has 0 bridgehead atoms. The molecule has 0 amide bonds. The molecule has 0 atom stereocenters. The van der Waals surface area contributed by atoms with Crippen LogP contribution in [0.2, 0.25) is 0 Å². The molecule has 0 aliphatic heterocycles. The third kappa shape index (κ3) is 4.96. The molecule has 0 fully saturated rings. The van der Waals surface area contributed by atoms with Crippen LogP contribution < -0.4 is 4.74 Å². The molecule has 148 valence electrons. The lowest BCUT2D eigenvalue weighted by molar-refractivity contribution is -0.274. The monoisotopic (exact) mass is 390 g/mol. The molecule has 0 heterocycles. The molecule has 7 heteroatoms. The zero-order chi connectivity index (χ0) is 20.6. The van der Waals surface area contributed by atoms with Gasteiger partial charge in [0, 0.05) is 5.41 Å². The number of ether oxygens (including phenoxy) is 1. The summed E-state index contributed by atoms with van der Waals surface area (Å²) < 4.78 is 81.7. The van der Waals surface area contributed by atoms with Crippen LogP contribution in [0.4, 0.5) is 26.3 Å². The predicted octanol–water partition coefficient (Wildman–Crippen LogP) is 7.05. The molecule has 0 saturated heterocycles. The second kappa shape index (κ2) is 7.09. The molecule has 2 aromatic rings. The summed E-state index contributed by atoms with van der Waals surface area (Å²) in [6, 6.07) is 9.38. The minimum absolute atomic E-state index is 0.177. The minimum atomic E-state index is -4.84. The van der Waals surface area contributed by atoms with Crippen LogP contribution in [-0.2, 0) is 11.6 Å². The van der Waals surface area contributed by atoms with Crippen molar-refractivity contribution in [2.75, 3.05) is 0 Å². The SMILES string of the molecule is CC(C)c1ccc(C(C)(C)c2cccc(OC(F)(F)F)c2)cc1C(F)(F)F. The van der Waals surface area contributed by atoms with Gasteiger partial charge in [-0.25, -0.2) is 0 Å². The molecule has 27 heavy (non-hydrogen) atoms. The van der Waals surface area contributed by atoms with Gasteiger partial charge in [0.05, 0.1) is 5.56 Å². The Hall–Kier alpha value is -2.18. The maximum Gasteiger partial charge on any atom is 0.573 e. The lowest BCUT2D eigenvalue weighted by atomic mass is 9.76. The van der Waals surface area contributed by atoms with Gasteiger partial charge in [-0.15, -0.1) is 13.2 Å². The molecule has 0 aliphatic carbocycles. The van der Waals surface area contributed by atoms with Crippen molar-refractivity contribution in [1.29, 1.82) is 0 Å². The predicted molar refractivity (Wildman–Crippen MR) is 90.8 cm³/mol. The lowest BCUT2D eigenvalue weighted by Crippen LogP contribution is -2.22. The van der Waals surface area contributed by atoms with Crippen molar-refractivity contribution in [1.82, 2.24) is 0 Å². The van der Waals surface area contributed by atoms with E-state index in [0.29, 0.717) is 11.1 Å². The molecule has 0 aromatic heterocycles. The molecule has 0 aliphatic rings. The highest BCUT2D eigenvalue weighted by molar-refractivity contribution is 5.45. The average Bonchev–Trinajstić information content (AvgIpc) is 2.52. The van der Waals surface area contributed by atoms with E-state index in [2.05, 4.69) is 4.74 Å². The van der Waals surface area contributed by atoms with E-state index in [1.165, 1.54) is 18.2 Å². The van der Waals surface area contributed by atoms with Crippen LogP contribution in [-0.4, -0.2) is 6.36 Å². The first-order valence-electron chi connectivity index (χ1n) is 8.29. The van der Waals surface area contributed by atoms with E-state index in [0.717, 1.165) is 12.1 Å². The van der Waals surface area contributed by atoms with Crippen molar-refractivity contribution >= 4 is 0 Å². The Morgan fingerprint density at radius 3 is 1.93 bits per heavy atom. The second-order valence-electron chi connectivity index (χ2n) is 7.16. The topological polar surface area (TPSA) is 9.23 Å². The van der Waals surface area contributed by atoms with Crippen LogP contribution in [0.25, 0.3) is 0 Å². The average molecular weight is 390 g/mol. The van der Waals surface area contributed by atoms with E-state index in [-0.39, 0.29) is 11.5 Å². The molecule has 2 rings (SSSR count). The summed E-state index contributed by atoms with van der Waals surface area (Å²) in [4.78, 5) is 0. The number of rotatable bonds is 4. The van der Waals surface area contributed by atoms with Crippen LogP contribution >= 0.6 is 0 Å². The maximum absolute atomic E-state index is 13.5. The van der Waals surface area contributed by atoms with Gasteiger partial charge in [0.1, 0.15) is 5.75 Å². The molecule has 0 radical (unpaired) electrons. The van der Waals surface area contributed by atoms with E-state index < -0.39 is 29.3 Å². The van der Waals surface area contributed by atoms with Crippen molar-refractivity contribution in [3.63, 3.8) is 0 Å². The fourth-order valence-electron chi connectivity index (χ4n) is 2.94. The van der Waals surface area contributed by atoms with Crippen LogP contribution in [0, 0.1) is 0 Å². The summed E-state index contributed by atoms with van der Waals surface area (Å²) in [5.74, 6) is -0.731. The van der Waals surface area contributed by atoms with Gasteiger partial charge in [-0.2, -0.15) is 13.2 Å². The molecule has 0 unspecified atom stereocenters. The van der Waals surface area contributed by atoms with Crippen molar-refractivity contribution in [2.24, 2.45) is 0 Å². The first-order valence-corrected chi connectivity index (χ1v) is 8.29. The smallest absolute Gasteiger partial charge is 0.406 e. The molecule has 1 nitrogen and oxygen atoms in total. The van der Waals surface area contributed by atoms with Crippen molar-refractivity contribution in [3.05, 3.63) is 64.7 Å². The van der Waals surface area contributed by atoms with Gasteiger partial charge in [0.15, 0.2) is 0 Å².